The maximum Gasteiger partial charge on any atom is 0.0724 e. The molecule has 1 aliphatic heterocycles. The molecule has 1 heterocycles. The van der Waals surface area contributed by atoms with Crippen LogP contribution in [0.25, 0.3) is 0 Å². The number of hydrogen-bond donors (Lipinski definition) is 0. The second kappa shape index (κ2) is 3.00. The van der Waals surface area contributed by atoms with E-state index in [-0.39, 0.29) is 5.60 Å². The van der Waals surface area contributed by atoms with E-state index in [1.807, 2.05) is 0 Å². The van der Waals surface area contributed by atoms with Gasteiger partial charge in [-0.2, -0.15) is 0 Å². The number of hydrogen-bond acceptors (Lipinski definition) is 1. The molecule has 4 atom stereocenters. The summed E-state index contributed by atoms with van der Waals surface area (Å²) >= 11 is 0. The molecule has 2 bridgehead atoms. The molecular formula is C14H24O. The van der Waals surface area contributed by atoms with E-state index in [9.17, 15) is 0 Å². The van der Waals surface area contributed by atoms with Crippen LogP contribution >= 0.6 is 0 Å². The van der Waals surface area contributed by atoms with Gasteiger partial charge in [-0.25, -0.2) is 0 Å². The average molecular weight is 208 g/mol. The molecule has 0 radical (unpaired) electrons. The normalized spacial score (nSPS) is 52.6. The highest BCUT2D eigenvalue weighted by Gasteiger charge is 2.58. The molecule has 0 N–H and O–H groups in total. The molecule has 3 fully saturated rings. The van der Waals surface area contributed by atoms with Crippen LogP contribution in [-0.2, 0) is 4.74 Å². The first-order valence-electron chi connectivity index (χ1n) is 6.72. The fourth-order valence-electron chi connectivity index (χ4n) is 4.55. The quantitative estimate of drug-likeness (QED) is 0.589. The number of ether oxygens (including phenoxy) is 1. The summed E-state index contributed by atoms with van der Waals surface area (Å²) in [6.07, 6.45) is 8.38. The fraction of sp³-hybridized carbons (Fsp3) is 1.00. The summed E-state index contributed by atoms with van der Waals surface area (Å²) in [4.78, 5) is 0. The van der Waals surface area contributed by atoms with Crippen LogP contribution in [0.1, 0.15) is 59.3 Å². The minimum Gasteiger partial charge on any atom is -0.369 e. The van der Waals surface area contributed by atoms with Crippen LogP contribution in [0, 0.1) is 17.8 Å². The molecule has 2 saturated carbocycles. The largest absolute Gasteiger partial charge is 0.369 e. The molecule has 0 aromatic carbocycles. The van der Waals surface area contributed by atoms with Gasteiger partial charge in [-0.1, -0.05) is 13.3 Å². The topological polar surface area (TPSA) is 9.23 Å². The molecule has 0 aromatic heterocycles. The van der Waals surface area contributed by atoms with Crippen molar-refractivity contribution in [3.63, 3.8) is 0 Å². The van der Waals surface area contributed by atoms with Crippen molar-refractivity contribution in [2.24, 2.45) is 17.8 Å². The zero-order valence-corrected chi connectivity index (χ0v) is 10.4. The van der Waals surface area contributed by atoms with Crippen LogP contribution < -0.4 is 0 Å². The Bertz CT molecular complexity index is 271. The smallest absolute Gasteiger partial charge is 0.0724 e. The molecular weight excluding hydrogens is 184 g/mol. The van der Waals surface area contributed by atoms with Crippen LogP contribution in [0.3, 0.4) is 0 Å². The number of rotatable bonds is 0. The molecule has 1 heteroatoms. The van der Waals surface area contributed by atoms with Gasteiger partial charge < -0.3 is 4.74 Å². The van der Waals surface area contributed by atoms with Crippen molar-refractivity contribution < 1.29 is 4.74 Å². The monoisotopic (exact) mass is 208 g/mol. The van der Waals surface area contributed by atoms with E-state index >= 15 is 0 Å². The Morgan fingerprint density at radius 2 is 1.60 bits per heavy atom. The maximum absolute atomic E-state index is 6.53. The summed E-state index contributed by atoms with van der Waals surface area (Å²) in [6.45, 7) is 7.03. The molecule has 3 aliphatic rings. The Kier molecular flexibility index (Phi) is 2.03. The molecule has 1 spiro atoms. The summed E-state index contributed by atoms with van der Waals surface area (Å²) in [6, 6.07) is 0. The van der Waals surface area contributed by atoms with Gasteiger partial charge in [-0.05, 0) is 63.7 Å². The first-order chi connectivity index (χ1) is 7.02. The van der Waals surface area contributed by atoms with Crippen LogP contribution in [0.5, 0.6) is 0 Å². The number of fused-ring (bicyclic) bond motifs is 1. The van der Waals surface area contributed by atoms with Gasteiger partial charge in [0.05, 0.1) is 11.2 Å². The summed E-state index contributed by atoms with van der Waals surface area (Å²) < 4.78 is 6.53. The minimum atomic E-state index is 0.159. The van der Waals surface area contributed by atoms with Crippen LogP contribution in [0.4, 0.5) is 0 Å². The van der Waals surface area contributed by atoms with E-state index < -0.39 is 0 Å². The van der Waals surface area contributed by atoms with Crippen molar-refractivity contribution in [3.8, 4) is 0 Å². The maximum atomic E-state index is 6.53. The van der Waals surface area contributed by atoms with Gasteiger partial charge in [-0.3, -0.25) is 0 Å². The first-order valence-corrected chi connectivity index (χ1v) is 6.72. The second-order valence-corrected chi connectivity index (χ2v) is 6.83. The zero-order chi connectivity index (χ0) is 10.7. The van der Waals surface area contributed by atoms with Crippen LogP contribution in [0.15, 0.2) is 0 Å². The summed E-state index contributed by atoms with van der Waals surface area (Å²) in [5.74, 6) is 2.60. The predicted octanol–water partition coefficient (Wildman–Crippen LogP) is 3.77. The van der Waals surface area contributed by atoms with Gasteiger partial charge in [0, 0.05) is 0 Å². The zero-order valence-electron chi connectivity index (χ0n) is 10.4. The molecule has 1 nitrogen and oxygen atoms in total. The van der Waals surface area contributed by atoms with E-state index in [0.29, 0.717) is 5.60 Å². The van der Waals surface area contributed by atoms with E-state index in [4.69, 9.17) is 4.74 Å². The van der Waals surface area contributed by atoms with Crippen LogP contribution in [-0.4, -0.2) is 11.2 Å². The summed E-state index contributed by atoms with van der Waals surface area (Å²) in [7, 11) is 0. The second-order valence-electron chi connectivity index (χ2n) is 6.83. The lowest BCUT2D eigenvalue weighted by atomic mass is 9.62. The minimum absolute atomic E-state index is 0.159. The van der Waals surface area contributed by atoms with Gasteiger partial charge in [0.2, 0.25) is 0 Å². The molecule has 1 saturated heterocycles. The van der Waals surface area contributed by atoms with Crippen LogP contribution in [0.2, 0.25) is 0 Å². The Morgan fingerprint density at radius 1 is 0.933 bits per heavy atom. The lowest BCUT2D eigenvalue weighted by molar-refractivity contribution is -0.138. The average Bonchev–Trinajstić information content (AvgIpc) is 2.32. The van der Waals surface area contributed by atoms with Crippen molar-refractivity contribution in [1.82, 2.24) is 0 Å². The fourth-order valence-corrected chi connectivity index (χ4v) is 4.55. The third kappa shape index (κ3) is 1.39. The Morgan fingerprint density at radius 3 is 2.40 bits per heavy atom. The highest BCUT2D eigenvalue weighted by molar-refractivity contribution is 5.07. The highest BCUT2D eigenvalue weighted by atomic mass is 16.5. The van der Waals surface area contributed by atoms with Gasteiger partial charge >= 0.3 is 0 Å². The molecule has 15 heavy (non-hydrogen) atoms. The van der Waals surface area contributed by atoms with Crippen molar-refractivity contribution >= 4 is 0 Å². The van der Waals surface area contributed by atoms with Crippen molar-refractivity contribution in [2.75, 3.05) is 0 Å². The Labute approximate surface area is 93.6 Å². The Balaban J connectivity index is 1.91. The Hall–Kier alpha value is -0.0400. The molecule has 86 valence electrons. The summed E-state index contributed by atoms with van der Waals surface area (Å²) in [5, 5.41) is 0. The lowest BCUT2D eigenvalue weighted by Crippen LogP contribution is -2.44. The SMILES string of the molecule is C[C@H]1CCC2CC[C@@H]3C[C@@]2(C1)OC3(C)C. The van der Waals surface area contributed by atoms with E-state index in [1.165, 1.54) is 38.5 Å². The van der Waals surface area contributed by atoms with Gasteiger partial charge in [0.1, 0.15) is 0 Å². The highest BCUT2D eigenvalue weighted by Crippen LogP contribution is 2.58. The third-order valence-corrected chi connectivity index (χ3v) is 5.35. The first kappa shape index (κ1) is 10.1. The van der Waals surface area contributed by atoms with E-state index in [0.717, 1.165) is 17.8 Å². The van der Waals surface area contributed by atoms with Gasteiger partial charge in [0.15, 0.2) is 0 Å². The van der Waals surface area contributed by atoms with E-state index in [1.54, 1.807) is 0 Å². The summed E-state index contributed by atoms with van der Waals surface area (Å²) in [5.41, 5.74) is 0.454. The van der Waals surface area contributed by atoms with E-state index in [2.05, 4.69) is 20.8 Å². The van der Waals surface area contributed by atoms with Crippen molar-refractivity contribution in [2.45, 2.75) is 70.5 Å². The third-order valence-electron chi connectivity index (χ3n) is 5.35. The lowest BCUT2D eigenvalue weighted by Gasteiger charge is -2.45. The molecule has 0 aromatic rings. The molecule has 2 aliphatic carbocycles. The van der Waals surface area contributed by atoms with Crippen molar-refractivity contribution in [3.05, 3.63) is 0 Å². The molecule has 1 unspecified atom stereocenters. The molecule has 0 amide bonds. The van der Waals surface area contributed by atoms with Gasteiger partial charge in [0.25, 0.3) is 0 Å². The van der Waals surface area contributed by atoms with Gasteiger partial charge in [-0.15, -0.1) is 0 Å². The molecule has 3 rings (SSSR count). The van der Waals surface area contributed by atoms with Crippen molar-refractivity contribution in [1.29, 1.82) is 0 Å². The predicted molar refractivity (Wildman–Crippen MR) is 61.7 cm³/mol. The standard InChI is InChI=1S/C14H24O/c1-10-4-5-11-6-7-12-9-14(11,8-10)15-13(12,2)3/h10-12H,4-9H2,1-3H3/t10-,11?,12+,14+/m0/s1.